The molecule has 4 nitrogen and oxygen atoms in total. The van der Waals surface area contributed by atoms with Gasteiger partial charge in [-0.25, -0.2) is 0 Å². The van der Waals surface area contributed by atoms with Gasteiger partial charge in [0, 0.05) is 12.6 Å². The summed E-state index contributed by atoms with van der Waals surface area (Å²) >= 11 is 0. The first kappa shape index (κ1) is 14.5. The molecule has 2 atom stereocenters. The molecule has 0 aromatic heterocycles. The van der Waals surface area contributed by atoms with Crippen molar-refractivity contribution in [1.29, 1.82) is 0 Å². The largest absolute Gasteiger partial charge is 0.481 e. The summed E-state index contributed by atoms with van der Waals surface area (Å²) < 4.78 is 5.40. The number of benzene rings is 1. The molecule has 1 saturated carbocycles. The topological polar surface area (TPSA) is 49.8 Å². The number of hydrogen-bond donors (Lipinski definition) is 1. The number of carbonyl (C=O) groups is 1. The van der Waals surface area contributed by atoms with E-state index in [1.165, 1.54) is 24.0 Å². The van der Waals surface area contributed by atoms with E-state index in [2.05, 4.69) is 36.1 Å². The Morgan fingerprint density at radius 1 is 1.38 bits per heavy atom. The van der Waals surface area contributed by atoms with Crippen LogP contribution in [0.4, 0.5) is 0 Å². The van der Waals surface area contributed by atoms with Crippen LogP contribution in [0.1, 0.15) is 36.8 Å². The van der Waals surface area contributed by atoms with E-state index < -0.39 is 11.9 Å². The van der Waals surface area contributed by atoms with Crippen molar-refractivity contribution >= 4 is 5.97 Å². The first-order valence-electron chi connectivity index (χ1n) is 7.82. The van der Waals surface area contributed by atoms with Gasteiger partial charge < -0.3 is 9.84 Å². The summed E-state index contributed by atoms with van der Waals surface area (Å²) in [6.45, 7) is 4.58. The molecule has 3 rings (SSSR count). The molecule has 4 heteroatoms. The molecular formula is C17H23NO3. The lowest BCUT2D eigenvalue weighted by Crippen LogP contribution is -2.42. The molecule has 21 heavy (non-hydrogen) atoms. The molecule has 1 aromatic rings. The Morgan fingerprint density at radius 3 is 2.86 bits per heavy atom. The van der Waals surface area contributed by atoms with Crippen LogP contribution < -0.4 is 0 Å². The second-order valence-corrected chi connectivity index (χ2v) is 6.13. The summed E-state index contributed by atoms with van der Waals surface area (Å²) in [5.41, 5.74) is 2.71. The zero-order valence-corrected chi connectivity index (χ0v) is 12.5. The van der Waals surface area contributed by atoms with Crippen LogP contribution in [0.3, 0.4) is 0 Å². The van der Waals surface area contributed by atoms with Crippen LogP contribution in [-0.4, -0.2) is 41.8 Å². The molecule has 0 amide bonds. The maximum Gasteiger partial charge on any atom is 0.310 e. The number of carboxylic acid groups (broad SMARTS) is 1. The van der Waals surface area contributed by atoms with Crippen LogP contribution in [0.25, 0.3) is 0 Å². The van der Waals surface area contributed by atoms with Crippen molar-refractivity contribution in [3.8, 4) is 0 Å². The number of nitrogens with zero attached hydrogens (tertiary/aromatic N) is 1. The summed E-state index contributed by atoms with van der Waals surface area (Å²) in [7, 11) is 0. The van der Waals surface area contributed by atoms with Gasteiger partial charge in [0.15, 0.2) is 0 Å². The van der Waals surface area contributed by atoms with Gasteiger partial charge in [0.2, 0.25) is 0 Å². The minimum absolute atomic E-state index is 0.0166. The molecule has 1 aliphatic heterocycles. The lowest BCUT2D eigenvalue weighted by molar-refractivity contribution is -0.143. The predicted molar refractivity (Wildman–Crippen MR) is 80.2 cm³/mol. The zero-order valence-electron chi connectivity index (χ0n) is 12.5. The third kappa shape index (κ3) is 3.27. The smallest absolute Gasteiger partial charge is 0.310 e. The fourth-order valence-electron chi connectivity index (χ4n) is 3.20. The zero-order chi connectivity index (χ0) is 14.8. The highest BCUT2D eigenvalue weighted by atomic mass is 16.5. The summed E-state index contributed by atoms with van der Waals surface area (Å²) in [4.78, 5) is 13.6. The van der Waals surface area contributed by atoms with Crippen molar-refractivity contribution in [3.63, 3.8) is 0 Å². The van der Waals surface area contributed by atoms with E-state index in [0.717, 1.165) is 19.0 Å². The first-order valence-corrected chi connectivity index (χ1v) is 7.82. The van der Waals surface area contributed by atoms with Crippen molar-refractivity contribution in [2.24, 2.45) is 5.92 Å². The Morgan fingerprint density at radius 2 is 2.19 bits per heavy atom. The second-order valence-electron chi connectivity index (χ2n) is 6.13. The standard InChI is InChI=1S/C17H23NO3/c1-2-18(16-11-21-10-15(16)17(19)20)9-12-4-3-5-14(8-12)13-6-7-13/h3-5,8,13,15-16H,2,6-7,9-11H2,1H3,(H,19,20). The Bertz CT molecular complexity index is 513. The molecule has 2 aliphatic rings. The molecule has 114 valence electrons. The Balaban J connectivity index is 1.71. The molecule has 2 unspecified atom stereocenters. The number of rotatable bonds is 6. The van der Waals surface area contributed by atoms with Crippen LogP contribution in [-0.2, 0) is 16.1 Å². The molecular weight excluding hydrogens is 266 g/mol. The average molecular weight is 289 g/mol. The molecule has 1 N–H and O–H groups in total. The average Bonchev–Trinajstić information content (AvgIpc) is 3.22. The van der Waals surface area contributed by atoms with Crippen LogP contribution >= 0.6 is 0 Å². The van der Waals surface area contributed by atoms with Gasteiger partial charge in [0.25, 0.3) is 0 Å². The van der Waals surface area contributed by atoms with Gasteiger partial charge in [-0.05, 0) is 36.4 Å². The second kappa shape index (κ2) is 6.16. The van der Waals surface area contributed by atoms with Gasteiger partial charge in [0.05, 0.1) is 19.1 Å². The Hall–Kier alpha value is -1.39. The van der Waals surface area contributed by atoms with E-state index >= 15 is 0 Å². The summed E-state index contributed by atoms with van der Waals surface area (Å²) in [6, 6.07) is 8.73. The van der Waals surface area contributed by atoms with E-state index in [-0.39, 0.29) is 6.04 Å². The van der Waals surface area contributed by atoms with Crippen molar-refractivity contribution in [2.75, 3.05) is 19.8 Å². The lowest BCUT2D eigenvalue weighted by Gasteiger charge is -2.29. The molecule has 1 aromatic carbocycles. The molecule has 1 heterocycles. The van der Waals surface area contributed by atoms with Crippen molar-refractivity contribution in [2.45, 2.75) is 38.3 Å². The summed E-state index contributed by atoms with van der Waals surface area (Å²) in [6.07, 6.45) is 2.61. The highest BCUT2D eigenvalue weighted by Crippen LogP contribution is 2.40. The van der Waals surface area contributed by atoms with Crippen molar-refractivity contribution < 1.29 is 14.6 Å². The van der Waals surface area contributed by atoms with Gasteiger partial charge >= 0.3 is 5.97 Å². The minimum atomic E-state index is -0.748. The highest BCUT2D eigenvalue weighted by Gasteiger charge is 2.37. The fourth-order valence-corrected chi connectivity index (χ4v) is 3.20. The van der Waals surface area contributed by atoms with Gasteiger partial charge in [-0.1, -0.05) is 31.2 Å². The van der Waals surface area contributed by atoms with Crippen LogP contribution in [0.15, 0.2) is 24.3 Å². The molecule has 0 radical (unpaired) electrons. The first-order chi connectivity index (χ1) is 10.2. The number of aliphatic carboxylic acids is 1. The van der Waals surface area contributed by atoms with Crippen LogP contribution in [0.2, 0.25) is 0 Å². The number of ether oxygens (including phenoxy) is 1. The monoisotopic (exact) mass is 289 g/mol. The van der Waals surface area contributed by atoms with Gasteiger partial charge in [-0.3, -0.25) is 9.69 Å². The lowest BCUT2D eigenvalue weighted by atomic mass is 10.0. The molecule has 0 spiro atoms. The van der Waals surface area contributed by atoms with Gasteiger partial charge in [-0.2, -0.15) is 0 Å². The Kier molecular flexibility index (Phi) is 4.27. The van der Waals surface area contributed by atoms with Gasteiger partial charge in [-0.15, -0.1) is 0 Å². The van der Waals surface area contributed by atoms with E-state index in [9.17, 15) is 9.90 Å². The number of carboxylic acids is 1. The van der Waals surface area contributed by atoms with Crippen LogP contribution in [0, 0.1) is 5.92 Å². The normalized spacial score (nSPS) is 25.4. The quantitative estimate of drug-likeness (QED) is 0.874. The maximum absolute atomic E-state index is 11.3. The molecule has 2 fully saturated rings. The van der Waals surface area contributed by atoms with Gasteiger partial charge in [0.1, 0.15) is 0 Å². The van der Waals surface area contributed by atoms with E-state index in [1.807, 2.05) is 0 Å². The highest BCUT2D eigenvalue weighted by molar-refractivity contribution is 5.71. The van der Waals surface area contributed by atoms with Crippen LogP contribution in [0.5, 0.6) is 0 Å². The maximum atomic E-state index is 11.3. The number of likely N-dealkylation sites (N-methyl/N-ethyl adjacent to an activating group) is 1. The van der Waals surface area contributed by atoms with Crippen molar-refractivity contribution in [3.05, 3.63) is 35.4 Å². The third-order valence-electron chi connectivity index (χ3n) is 4.63. The summed E-state index contributed by atoms with van der Waals surface area (Å²) in [5.74, 6) is -0.402. The SMILES string of the molecule is CCN(Cc1cccc(C2CC2)c1)C1COCC1C(=O)O. The predicted octanol–water partition coefficient (Wildman–Crippen LogP) is 2.49. The van der Waals surface area contributed by atoms with E-state index in [4.69, 9.17) is 4.74 Å². The minimum Gasteiger partial charge on any atom is -0.481 e. The molecule has 0 bridgehead atoms. The molecule has 1 aliphatic carbocycles. The fraction of sp³-hybridized carbons (Fsp3) is 0.588. The van der Waals surface area contributed by atoms with E-state index in [1.54, 1.807) is 0 Å². The van der Waals surface area contributed by atoms with E-state index in [0.29, 0.717) is 13.2 Å². The summed E-state index contributed by atoms with van der Waals surface area (Å²) in [5, 5.41) is 9.31. The third-order valence-corrected chi connectivity index (χ3v) is 4.63. The van der Waals surface area contributed by atoms with Crippen molar-refractivity contribution in [1.82, 2.24) is 4.90 Å². The molecule has 1 saturated heterocycles. The Labute approximate surface area is 125 Å². The number of hydrogen-bond acceptors (Lipinski definition) is 3.